The summed E-state index contributed by atoms with van der Waals surface area (Å²) in [6.07, 6.45) is 1.75. The van der Waals surface area contributed by atoms with Crippen molar-refractivity contribution in [3.63, 3.8) is 0 Å². The maximum atomic E-state index is 5.50. The zero-order chi connectivity index (χ0) is 7.56. The lowest BCUT2D eigenvalue weighted by molar-refractivity contribution is 1.44. The number of nitrogens with two attached hydrogens (primary N) is 1. The normalized spacial score (nSPS) is 9.30. The van der Waals surface area contributed by atoms with Crippen molar-refractivity contribution in [2.75, 3.05) is 5.73 Å². The van der Waals surface area contributed by atoms with E-state index in [0.29, 0.717) is 0 Å². The molecule has 0 aliphatic rings. The molecule has 0 aromatic heterocycles. The highest BCUT2D eigenvalue weighted by Crippen LogP contribution is 2.17. The van der Waals surface area contributed by atoms with Crippen LogP contribution in [-0.2, 0) is 0 Å². The Morgan fingerprint density at radius 1 is 1.50 bits per heavy atom. The zero-order valence-electron chi connectivity index (χ0n) is 5.54. The topological polar surface area (TPSA) is 26.0 Å². The molecule has 2 N–H and O–H groups in total. The molecule has 0 saturated heterocycles. The lowest BCUT2D eigenvalue weighted by Crippen LogP contribution is -1.84. The maximum Gasteiger partial charge on any atom is 0.0325 e. The van der Waals surface area contributed by atoms with E-state index in [1.807, 2.05) is 12.1 Å². The van der Waals surface area contributed by atoms with E-state index in [0.717, 1.165) is 16.1 Å². The van der Waals surface area contributed by atoms with Crippen molar-refractivity contribution in [3.05, 3.63) is 30.3 Å². The highest BCUT2D eigenvalue weighted by Gasteiger charge is 1.92. The summed E-state index contributed by atoms with van der Waals surface area (Å²) in [5.41, 5.74) is 7.24. The van der Waals surface area contributed by atoms with Crippen molar-refractivity contribution >= 4 is 24.4 Å². The van der Waals surface area contributed by atoms with Gasteiger partial charge < -0.3 is 5.73 Å². The first-order valence-corrected chi connectivity index (χ1v) is 3.39. The average molecular weight is 151 g/mol. The fourth-order valence-electron chi connectivity index (χ4n) is 0.733. The van der Waals surface area contributed by atoms with Gasteiger partial charge in [-0.3, -0.25) is 0 Å². The molecular weight excluding hydrogens is 142 g/mol. The van der Waals surface area contributed by atoms with Gasteiger partial charge in [-0.15, -0.1) is 12.6 Å². The third kappa shape index (κ3) is 1.33. The number of anilines is 1. The van der Waals surface area contributed by atoms with Crippen LogP contribution in [0.5, 0.6) is 0 Å². The second-order valence-corrected chi connectivity index (χ2v) is 2.50. The standard InChI is InChI=1S/C8H9NS/c1-2-6-3-4-7(9)5-8(6)10/h2-5,10H,1,9H2. The molecule has 0 saturated carbocycles. The van der Waals surface area contributed by atoms with Gasteiger partial charge in [0.2, 0.25) is 0 Å². The molecule has 0 unspecified atom stereocenters. The first-order valence-electron chi connectivity index (χ1n) is 2.95. The van der Waals surface area contributed by atoms with Gasteiger partial charge in [0, 0.05) is 10.6 Å². The first kappa shape index (κ1) is 7.22. The Morgan fingerprint density at radius 2 is 2.20 bits per heavy atom. The van der Waals surface area contributed by atoms with Crippen LogP contribution in [0.2, 0.25) is 0 Å². The summed E-state index contributed by atoms with van der Waals surface area (Å²) in [5.74, 6) is 0. The Hall–Kier alpha value is -0.890. The van der Waals surface area contributed by atoms with E-state index in [-0.39, 0.29) is 0 Å². The summed E-state index contributed by atoms with van der Waals surface area (Å²) < 4.78 is 0. The van der Waals surface area contributed by atoms with Crippen LogP contribution in [0.1, 0.15) is 5.56 Å². The van der Waals surface area contributed by atoms with Crippen molar-refractivity contribution in [2.24, 2.45) is 0 Å². The molecule has 0 bridgehead atoms. The molecule has 0 spiro atoms. The van der Waals surface area contributed by atoms with Gasteiger partial charge in [-0.1, -0.05) is 18.7 Å². The van der Waals surface area contributed by atoms with E-state index in [2.05, 4.69) is 19.2 Å². The Bertz CT molecular complexity index is 255. The van der Waals surface area contributed by atoms with Gasteiger partial charge in [0.05, 0.1) is 0 Å². The molecule has 0 aliphatic heterocycles. The Balaban J connectivity index is 3.19. The highest BCUT2D eigenvalue weighted by molar-refractivity contribution is 7.80. The van der Waals surface area contributed by atoms with Gasteiger partial charge in [-0.2, -0.15) is 0 Å². The molecule has 0 radical (unpaired) electrons. The number of nitrogen functional groups attached to an aromatic ring is 1. The summed E-state index contributed by atoms with van der Waals surface area (Å²) >= 11 is 4.20. The minimum atomic E-state index is 0.732. The fraction of sp³-hybridized carbons (Fsp3) is 0. The van der Waals surface area contributed by atoms with Crippen LogP contribution in [0.15, 0.2) is 29.7 Å². The van der Waals surface area contributed by atoms with Gasteiger partial charge >= 0.3 is 0 Å². The third-order valence-electron chi connectivity index (χ3n) is 1.27. The van der Waals surface area contributed by atoms with Crippen molar-refractivity contribution < 1.29 is 0 Å². The third-order valence-corrected chi connectivity index (χ3v) is 1.66. The van der Waals surface area contributed by atoms with Gasteiger partial charge in [0.25, 0.3) is 0 Å². The smallest absolute Gasteiger partial charge is 0.0325 e. The van der Waals surface area contributed by atoms with E-state index in [1.54, 1.807) is 12.1 Å². The lowest BCUT2D eigenvalue weighted by atomic mass is 10.2. The summed E-state index contributed by atoms with van der Waals surface area (Å²) in [6.45, 7) is 3.63. The summed E-state index contributed by atoms with van der Waals surface area (Å²) in [6, 6.07) is 5.53. The van der Waals surface area contributed by atoms with Gasteiger partial charge in [-0.25, -0.2) is 0 Å². The van der Waals surface area contributed by atoms with Crippen molar-refractivity contribution in [2.45, 2.75) is 4.90 Å². The van der Waals surface area contributed by atoms with Crippen LogP contribution in [0.4, 0.5) is 5.69 Å². The quantitative estimate of drug-likeness (QED) is 0.467. The number of rotatable bonds is 1. The molecule has 0 aliphatic carbocycles. The van der Waals surface area contributed by atoms with Crippen LogP contribution in [0.25, 0.3) is 6.08 Å². The summed E-state index contributed by atoms with van der Waals surface area (Å²) in [4.78, 5) is 0.870. The first-order chi connectivity index (χ1) is 4.74. The number of hydrogen-bond acceptors (Lipinski definition) is 2. The van der Waals surface area contributed by atoms with Crippen molar-refractivity contribution in [3.8, 4) is 0 Å². The number of hydrogen-bond donors (Lipinski definition) is 2. The zero-order valence-corrected chi connectivity index (χ0v) is 6.44. The molecule has 0 fully saturated rings. The second-order valence-electron chi connectivity index (χ2n) is 2.02. The molecule has 0 atom stereocenters. The van der Waals surface area contributed by atoms with E-state index in [9.17, 15) is 0 Å². The predicted molar refractivity (Wildman–Crippen MR) is 48.2 cm³/mol. The molecular formula is C8H9NS. The minimum Gasteiger partial charge on any atom is -0.399 e. The van der Waals surface area contributed by atoms with Crippen molar-refractivity contribution in [1.29, 1.82) is 0 Å². The Morgan fingerprint density at radius 3 is 2.70 bits per heavy atom. The summed E-state index contributed by atoms with van der Waals surface area (Å²) in [5, 5.41) is 0. The van der Waals surface area contributed by atoms with Crippen LogP contribution in [0.3, 0.4) is 0 Å². The van der Waals surface area contributed by atoms with Gasteiger partial charge in [0.15, 0.2) is 0 Å². The van der Waals surface area contributed by atoms with Gasteiger partial charge in [-0.05, 0) is 17.7 Å². The second kappa shape index (κ2) is 2.80. The van der Waals surface area contributed by atoms with E-state index >= 15 is 0 Å². The number of benzene rings is 1. The molecule has 10 heavy (non-hydrogen) atoms. The lowest BCUT2D eigenvalue weighted by Gasteiger charge is -1.98. The van der Waals surface area contributed by atoms with Crippen LogP contribution >= 0.6 is 12.6 Å². The summed E-state index contributed by atoms with van der Waals surface area (Å²) in [7, 11) is 0. The molecule has 1 aromatic carbocycles. The van der Waals surface area contributed by atoms with Crippen LogP contribution < -0.4 is 5.73 Å². The maximum absolute atomic E-state index is 5.50. The molecule has 2 heteroatoms. The van der Waals surface area contributed by atoms with E-state index in [4.69, 9.17) is 5.73 Å². The van der Waals surface area contributed by atoms with Gasteiger partial charge in [0.1, 0.15) is 0 Å². The number of thiol groups is 1. The monoisotopic (exact) mass is 151 g/mol. The average Bonchev–Trinajstić information content (AvgIpc) is 1.88. The predicted octanol–water partition coefficient (Wildman–Crippen LogP) is 2.20. The fourth-order valence-corrected chi connectivity index (χ4v) is 1.05. The van der Waals surface area contributed by atoms with Crippen LogP contribution in [0, 0.1) is 0 Å². The largest absolute Gasteiger partial charge is 0.399 e. The van der Waals surface area contributed by atoms with Crippen molar-refractivity contribution in [1.82, 2.24) is 0 Å². The molecule has 1 aromatic rings. The molecule has 1 nitrogen and oxygen atoms in total. The molecule has 0 amide bonds. The molecule has 0 heterocycles. The van der Waals surface area contributed by atoms with Crippen LogP contribution in [-0.4, -0.2) is 0 Å². The Labute approximate surface area is 66.0 Å². The minimum absolute atomic E-state index is 0.732. The van der Waals surface area contributed by atoms with E-state index in [1.165, 1.54) is 0 Å². The SMILES string of the molecule is C=Cc1ccc(N)cc1S. The molecule has 52 valence electrons. The van der Waals surface area contributed by atoms with E-state index < -0.39 is 0 Å². The Kier molecular flexibility index (Phi) is 2.02. The molecule has 1 rings (SSSR count). The highest BCUT2D eigenvalue weighted by atomic mass is 32.1.